The molecule has 1 aromatic rings. The second-order valence-electron chi connectivity index (χ2n) is 5.73. The summed E-state index contributed by atoms with van der Waals surface area (Å²) in [5.41, 5.74) is 0.0594. The number of benzene rings is 1. The van der Waals surface area contributed by atoms with Gasteiger partial charge in [0.05, 0.1) is 24.8 Å². The van der Waals surface area contributed by atoms with Crippen LogP contribution in [-0.4, -0.2) is 43.7 Å². The quantitative estimate of drug-likeness (QED) is 0.707. The van der Waals surface area contributed by atoms with E-state index in [2.05, 4.69) is 11.9 Å². The summed E-state index contributed by atoms with van der Waals surface area (Å²) in [4.78, 5) is 16.5. The second-order valence-corrected chi connectivity index (χ2v) is 7.56. The van der Waals surface area contributed by atoms with Gasteiger partial charge in [0.25, 0.3) is 10.0 Å². The van der Waals surface area contributed by atoms with Crippen LogP contribution in [0.1, 0.15) is 50.4 Å². The highest BCUT2D eigenvalue weighted by atomic mass is 32.2. The minimum atomic E-state index is -3.84. The lowest BCUT2D eigenvalue weighted by atomic mass is 10.1. The Hall–Kier alpha value is -1.89. The fourth-order valence-electron chi connectivity index (χ4n) is 2.75. The monoisotopic (exact) mass is 352 g/mol. The normalized spacial score (nSPS) is 17.7. The Balaban J connectivity index is 2.32. The van der Waals surface area contributed by atoms with E-state index in [0.29, 0.717) is 12.4 Å². The lowest BCUT2D eigenvalue weighted by molar-refractivity contribution is 0.0521. The van der Waals surface area contributed by atoms with E-state index in [9.17, 15) is 13.2 Å². The third kappa shape index (κ3) is 3.77. The van der Waals surface area contributed by atoms with Gasteiger partial charge in [-0.3, -0.25) is 9.30 Å². The van der Waals surface area contributed by atoms with Gasteiger partial charge < -0.3 is 4.74 Å². The molecule has 0 spiro atoms. The van der Waals surface area contributed by atoms with E-state index in [1.54, 1.807) is 26.0 Å². The van der Waals surface area contributed by atoms with Gasteiger partial charge in [-0.2, -0.15) is 0 Å². The zero-order chi connectivity index (χ0) is 17.7. The van der Waals surface area contributed by atoms with Gasteiger partial charge in [0.1, 0.15) is 10.7 Å². The van der Waals surface area contributed by atoms with Crippen molar-refractivity contribution in [2.24, 2.45) is 4.99 Å². The van der Waals surface area contributed by atoms with Crippen LogP contribution < -0.4 is 0 Å². The SMILES string of the molecule is CCCCC1CN(S(=O)(=O)c2ccccc2C(=O)OCC)C(C)=N1. The number of unbranched alkanes of at least 4 members (excludes halogenated alkanes) is 1. The summed E-state index contributed by atoms with van der Waals surface area (Å²) in [6.45, 7) is 5.98. The maximum absolute atomic E-state index is 13.0. The molecule has 0 fully saturated rings. The van der Waals surface area contributed by atoms with Crippen molar-refractivity contribution < 1.29 is 17.9 Å². The predicted molar refractivity (Wildman–Crippen MR) is 92.7 cm³/mol. The van der Waals surface area contributed by atoms with Crippen LogP contribution in [0.25, 0.3) is 0 Å². The number of sulfonamides is 1. The van der Waals surface area contributed by atoms with Crippen molar-refractivity contribution in [1.82, 2.24) is 4.31 Å². The zero-order valence-electron chi connectivity index (χ0n) is 14.4. The van der Waals surface area contributed by atoms with Gasteiger partial charge in [-0.25, -0.2) is 13.2 Å². The number of rotatable bonds is 7. The van der Waals surface area contributed by atoms with Gasteiger partial charge >= 0.3 is 5.97 Å². The van der Waals surface area contributed by atoms with E-state index in [1.807, 2.05) is 0 Å². The predicted octanol–water partition coefficient (Wildman–Crippen LogP) is 2.84. The molecule has 132 valence electrons. The topological polar surface area (TPSA) is 76.0 Å². The molecule has 24 heavy (non-hydrogen) atoms. The van der Waals surface area contributed by atoms with E-state index in [0.717, 1.165) is 19.3 Å². The maximum atomic E-state index is 13.0. The first-order valence-electron chi connectivity index (χ1n) is 8.25. The van der Waals surface area contributed by atoms with Crippen LogP contribution >= 0.6 is 0 Å². The van der Waals surface area contributed by atoms with Crippen molar-refractivity contribution in [1.29, 1.82) is 0 Å². The summed E-state index contributed by atoms with van der Waals surface area (Å²) in [5.74, 6) is -0.164. The molecule has 7 heteroatoms. The molecule has 0 saturated carbocycles. The number of aliphatic imine (C=N–C) groups is 1. The maximum Gasteiger partial charge on any atom is 0.339 e. The molecule has 1 unspecified atom stereocenters. The molecular weight excluding hydrogens is 328 g/mol. The Bertz CT molecular complexity index is 728. The van der Waals surface area contributed by atoms with Gasteiger partial charge in [-0.1, -0.05) is 31.9 Å². The average molecular weight is 352 g/mol. The number of carbonyl (C=O) groups excluding carboxylic acids is 1. The number of carbonyl (C=O) groups is 1. The second kappa shape index (κ2) is 7.79. The number of hydrogen-bond acceptors (Lipinski definition) is 5. The first kappa shape index (κ1) is 18.4. The molecule has 1 aromatic carbocycles. The molecule has 6 nitrogen and oxygen atoms in total. The van der Waals surface area contributed by atoms with Gasteiger partial charge in [0.15, 0.2) is 0 Å². The summed E-state index contributed by atoms with van der Waals surface area (Å²) >= 11 is 0. The molecule has 0 amide bonds. The summed E-state index contributed by atoms with van der Waals surface area (Å²) in [7, 11) is -3.84. The number of nitrogens with zero attached hydrogens (tertiary/aromatic N) is 2. The van der Waals surface area contributed by atoms with Crippen molar-refractivity contribution in [3.05, 3.63) is 29.8 Å². The first-order valence-corrected chi connectivity index (χ1v) is 9.69. The van der Waals surface area contributed by atoms with Gasteiger partial charge in [0.2, 0.25) is 0 Å². The third-order valence-electron chi connectivity index (χ3n) is 3.95. The van der Waals surface area contributed by atoms with Crippen molar-refractivity contribution in [3.63, 3.8) is 0 Å². The number of ether oxygens (including phenoxy) is 1. The largest absolute Gasteiger partial charge is 0.462 e. The third-order valence-corrected chi connectivity index (χ3v) is 5.85. The molecule has 2 rings (SSSR count). The lowest BCUT2D eigenvalue weighted by Crippen LogP contribution is -2.35. The van der Waals surface area contributed by atoms with E-state index in [4.69, 9.17) is 4.74 Å². The molecule has 0 radical (unpaired) electrons. The van der Waals surface area contributed by atoms with Crippen molar-refractivity contribution in [3.8, 4) is 0 Å². The smallest absolute Gasteiger partial charge is 0.339 e. The fourth-order valence-corrected chi connectivity index (χ4v) is 4.43. The standard InChI is InChI=1S/C17H24N2O4S/c1-4-6-9-14-12-19(13(3)18-14)24(21,22)16-11-8-7-10-15(16)17(20)23-5-2/h7-8,10-11,14H,4-6,9,12H2,1-3H3. The van der Waals surface area contributed by atoms with E-state index < -0.39 is 16.0 Å². The summed E-state index contributed by atoms with van der Waals surface area (Å²) in [6, 6.07) is 6.12. The molecule has 1 aliphatic heterocycles. The van der Waals surface area contributed by atoms with E-state index >= 15 is 0 Å². The highest BCUT2D eigenvalue weighted by molar-refractivity contribution is 7.89. The Labute approximate surface area is 143 Å². The van der Waals surface area contributed by atoms with Gasteiger partial charge in [-0.05, 0) is 32.4 Å². The molecule has 0 N–H and O–H groups in total. The van der Waals surface area contributed by atoms with Crippen LogP contribution in [-0.2, 0) is 14.8 Å². The minimum absolute atomic E-state index is 0.0190. The van der Waals surface area contributed by atoms with Crippen LogP contribution in [0.4, 0.5) is 0 Å². The molecule has 0 aliphatic carbocycles. The van der Waals surface area contributed by atoms with E-state index in [1.165, 1.54) is 16.4 Å². The Morgan fingerprint density at radius 3 is 2.71 bits per heavy atom. The highest BCUT2D eigenvalue weighted by Gasteiger charge is 2.35. The zero-order valence-corrected chi connectivity index (χ0v) is 15.2. The summed E-state index contributed by atoms with van der Waals surface area (Å²) in [5, 5.41) is 0. The van der Waals surface area contributed by atoms with Crippen molar-refractivity contribution >= 4 is 21.8 Å². The van der Waals surface area contributed by atoms with Crippen LogP contribution in [0, 0.1) is 0 Å². The van der Waals surface area contributed by atoms with E-state index in [-0.39, 0.29) is 23.1 Å². The Morgan fingerprint density at radius 2 is 2.04 bits per heavy atom. The molecule has 1 aliphatic rings. The molecule has 0 bridgehead atoms. The molecular formula is C17H24N2O4S. The summed E-state index contributed by atoms with van der Waals surface area (Å²) < 4.78 is 32.3. The van der Waals surface area contributed by atoms with Crippen LogP contribution in [0.15, 0.2) is 34.2 Å². The number of hydrogen-bond donors (Lipinski definition) is 0. The Kier molecular flexibility index (Phi) is 5.99. The number of esters is 1. The van der Waals surface area contributed by atoms with Gasteiger partial charge in [-0.15, -0.1) is 0 Å². The minimum Gasteiger partial charge on any atom is -0.462 e. The van der Waals surface area contributed by atoms with Gasteiger partial charge in [0, 0.05) is 0 Å². The van der Waals surface area contributed by atoms with Crippen LogP contribution in [0.5, 0.6) is 0 Å². The number of amidine groups is 1. The first-order chi connectivity index (χ1) is 11.4. The van der Waals surface area contributed by atoms with Crippen LogP contribution in [0.2, 0.25) is 0 Å². The lowest BCUT2D eigenvalue weighted by Gasteiger charge is -2.20. The van der Waals surface area contributed by atoms with Crippen LogP contribution in [0.3, 0.4) is 0 Å². The average Bonchev–Trinajstić information content (AvgIpc) is 2.94. The van der Waals surface area contributed by atoms with Crippen molar-refractivity contribution in [2.45, 2.75) is 51.0 Å². The fraction of sp³-hybridized carbons (Fsp3) is 0.529. The summed E-state index contributed by atoms with van der Waals surface area (Å²) in [6.07, 6.45) is 2.91. The molecule has 1 heterocycles. The molecule has 1 atom stereocenters. The Morgan fingerprint density at radius 1 is 1.33 bits per heavy atom. The highest BCUT2D eigenvalue weighted by Crippen LogP contribution is 2.26. The van der Waals surface area contributed by atoms with Crippen molar-refractivity contribution in [2.75, 3.05) is 13.2 Å². The molecule has 0 aromatic heterocycles. The molecule has 0 saturated heterocycles.